The monoisotopic (exact) mass is 272 g/mol. The van der Waals surface area contributed by atoms with E-state index in [-0.39, 0.29) is 5.75 Å². The fourth-order valence-corrected chi connectivity index (χ4v) is 2.05. The van der Waals surface area contributed by atoms with Crippen molar-refractivity contribution >= 4 is 17.7 Å². The number of aromatic nitrogens is 3. The zero-order valence-corrected chi connectivity index (χ0v) is 11.9. The lowest BCUT2D eigenvalue weighted by molar-refractivity contribution is -0.133. The minimum Gasteiger partial charge on any atom is -0.481 e. The van der Waals surface area contributed by atoms with Gasteiger partial charge in [0.1, 0.15) is 6.33 Å². The number of carboxylic acid groups (broad SMARTS) is 1. The van der Waals surface area contributed by atoms with Gasteiger partial charge in [0.25, 0.3) is 0 Å². The van der Waals surface area contributed by atoms with E-state index in [1.807, 2.05) is 4.57 Å². The maximum atomic E-state index is 10.5. The number of thioether (sulfide) groups is 1. The second-order valence-electron chi connectivity index (χ2n) is 4.42. The Morgan fingerprint density at radius 2 is 2.33 bits per heavy atom. The molecule has 0 aliphatic carbocycles. The van der Waals surface area contributed by atoms with Crippen molar-refractivity contribution in [3.8, 4) is 0 Å². The van der Waals surface area contributed by atoms with Crippen LogP contribution < -0.4 is 0 Å². The first-order chi connectivity index (χ1) is 8.50. The van der Waals surface area contributed by atoms with Crippen molar-refractivity contribution < 1.29 is 9.90 Å². The van der Waals surface area contributed by atoms with Gasteiger partial charge in [-0.05, 0) is 33.9 Å². The molecule has 102 valence electrons. The molecule has 0 spiro atoms. The van der Waals surface area contributed by atoms with Gasteiger partial charge in [-0.25, -0.2) is 0 Å². The van der Waals surface area contributed by atoms with E-state index in [0.29, 0.717) is 11.2 Å². The second-order valence-corrected chi connectivity index (χ2v) is 5.36. The Bertz CT molecular complexity index is 381. The van der Waals surface area contributed by atoms with Crippen molar-refractivity contribution in [3.05, 3.63) is 6.33 Å². The number of carbonyl (C=O) groups is 1. The predicted molar refractivity (Wildman–Crippen MR) is 70.8 cm³/mol. The number of rotatable bonds is 8. The molecule has 1 rings (SSSR count). The van der Waals surface area contributed by atoms with Crippen LogP contribution in [0.25, 0.3) is 0 Å². The van der Waals surface area contributed by atoms with Gasteiger partial charge in [0, 0.05) is 12.6 Å². The summed E-state index contributed by atoms with van der Waals surface area (Å²) in [6.07, 6.45) is 2.65. The highest BCUT2D eigenvalue weighted by molar-refractivity contribution is 7.99. The smallest absolute Gasteiger partial charge is 0.313 e. The molecule has 0 fully saturated rings. The SMILES string of the molecule is CC(C)N(C)CCCn1cnnc1SCC(=O)O. The van der Waals surface area contributed by atoms with E-state index in [2.05, 4.69) is 36.0 Å². The lowest BCUT2D eigenvalue weighted by Gasteiger charge is -2.20. The second kappa shape index (κ2) is 7.38. The molecule has 0 radical (unpaired) electrons. The van der Waals surface area contributed by atoms with Crippen LogP contribution in [-0.4, -0.2) is 56.1 Å². The van der Waals surface area contributed by atoms with Crippen molar-refractivity contribution in [2.45, 2.75) is 38.0 Å². The zero-order chi connectivity index (χ0) is 13.5. The number of hydrogen-bond donors (Lipinski definition) is 1. The van der Waals surface area contributed by atoms with Crippen molar-refractivity contribution in [2.24, 2.45) is 0 Å². The maximum Gasteiger partial charge on any atom is 0.313 e. The molecule has 0 atom stereocenters. The quantitative estimate of drug-likeness (QED) is 0.717. The molecule has 1 aromatic rings. The third kappa shape index (κ3) is 5.05. The van der Waals surface area contributed by atoms with E-state index in [0.717, 1.165) is 19.5 Å². The molecule has 1 N–H and O–H groups in total. The zero-order valence-electron chi connectivity index (χ0n) is 11.0. The highest BCUT2D eigenvalue weighted by Crippen LogP contribution is 2.14. The molecule has 6 nitrogen and oxygen atoms in total. The Morgan fingerprint density at radius 1 is 1.61 bits per heavy atom. The molecule has 0 saturated heterocycles. The molecule has 0 aliphatic heterocycles. The molecule has 0 aliphatic rings. The predicted octanol–water partition coefficient (Wildman–Crippen LogP) is 1.19. The number of carboxylic acids is 1. The Kier molecular flexibility index (Phi) is 6.14. The summed E-state index contributed by atoms with van der Waals surface area (Å²) in [5.74, 6) is -0.820. The molecule has 0 saturated carbocycles. The first-order valence-corrected chi connectivity index (χ1v) is 6.92. The van der Waals surface area contributed by atoms with Crippen molar-refractivity contribution in [3.63, 3.8) is 0 Å². The van der Waals surface area contributed by atoms with Crippen LogP contribution in [0.4, 0.5) is 0 Å². The minimum absolute atomic E-state index is 0.0184. The van der Waals surface area contributed by atoms with Crippen LogP contribution in [0.1, 0.15) is 20.3 Å². The average Bonchev–Trinajstić information content (AvgIpc) is 2.73. The summed E-state index contributed by atoms with van der Waals surface area (Å²) in [4.78, 5) is 12.8. The number of aryl methyl sites for hydroxylation is 1. The number of nitrogens with zero attached hydrogens (tertiary/aromatic N) is 4. The Hall–Kier alpha value is -1.08. The van der Waals surface area contributed by atoms with Gasteiger partial charge >= 0.3 is 5.97 Å². The lowest BCUT2D eigenvalue weighted by atomic mass is 10.3. The van der Waals surface area contributed by atoms with E-state index >= 15 is 0 Å². The van der Waals surface area contributed by atoms with Crippen molar-refractivity contribution in [1.82, 2.24) is 19.7 Å². The van der Waals surface area contributed by atoms with Gasteiger partial charge in [0.05, 0.1) is 5.75 Å². The third-order valence-electron chi connectivity index (χ3n) is 2.70. The molecular formula is C11H20N4O2S. The molecule has 7 heteroatoms. The van der Waals surface area contributed by atoms with Crippen LogP contribution in [0.3, 0.4) is 0 Å². The summed E-state index contributed by atoms with van der Waals surface area (Å²) in [5, 5.41) is 17.0. The first-order valence-electron chi connectivity index (χ1n) is 5.93. The number of aliphatic carboxylic acids is 1. The summed E-state index contributed by atoms with van der Waals surface area (Å²) >= 11 is 1.20. The Balaban J connectivity index is 2.38. The van der Waals surface area contributed by atoms with Crippen LogP contribution in [0.15, 0.2) is 11.5 Å². The summed E-state index contributed by atoms with van der Waals surface area (Å²) in [6.45, 7) is 6.13. The van der Waals surface area contributed by atoms with Crippen LogP contribution in [-0.2, 0) is 11.3 Å². The summed E-state index contributed by atoms with van der Waals surface area (Å²) < 4.78 is 1.90. The van der Waals surface area contributed by atoms with E-state index in [4.69, 9.17) is 5.11 Å². The van der Waals surface area contributed by atoms with Gasteiger partial charge in [-0.2, -0.15) is 0 Å². The molecule has 0 unspecified atom stereocenters. The minimum atomic E-state index is -0.839. The molecule has 1 heterocycles. The molecule has 0 amide bonds. The van der Waals surface area contributed by atoms with Gasteiger partial charge in [0.15, 0.2) is 5.16 Å². The molecule has 0 bridgehead atoms. The fraction of sp³-hybridized carbons (Fsp3) is 0.727. The van der Waals surface area contributed by atoms with Gasteiger partial charge < -0.3 is 14.6 Å². The van der Waals surface area contributed by atoms with Crippen molar-refractivity contribution in [2.75, 3.05) is 19.3 Å². The normalized spacial score (nSPS) is 11.4. The van der Waals surface area contributed by atoms with E-state index < -0.39 is 5.97 Å². The molecular weight excluding hydrogens is 252 g/mol. The Morgan fingerprint density at radius 3 is 2.94 bits per heavy atom. The van der Waals surface area contributed by atoms with Gasteiger partial charge in [-0.15, -0.1) is 10.2 Å². The Labute approximate surface area is 111 Å². The maximum absolute atomic E-state index is 10.5. The largest absolute Gasteiger partial charge is 0.481 e. The fourth-order valence-electron chi connectivity index (χ4n) is 1.38. The van der Waals surface area contributed by atoms with Gasteiger partial charge in [0.2, 0.25) is 0 Å². The molecule has 0 aromatic carbocycles. The first kappa shape index (κ1) is 15.0. The summed E-state index contributed by atoms with van der Waals surface area (Å²) in [5.41, 5.74) is 0. The average molecular weight is 272 g/mol. The summed E-state index contributed by atoms with van der Waals surface area (Å²) in [7, 11) is 2.09. The van der Waals surface area contributed by atoms with Crippen LogP contribution >= 0.6 is 11.8 Å². The highest BCUT2D eigenvalue weighted by atomic mass is 32.2. The molecule has 1 aromatic heterocycles. The van der Waals surface area contributed by atoms with Gasteiger partial charge in [-0.1, -0.05) is 11.8 Å². The van der Waals surface area contributed by atoms with Crippen LogP contribution in [0, 0.1) is 0 Å². The number of hydrogen-bond acceptors (Lipinski definition) is 5. The lowest BCUT2D eigenvalue weighted by Crippen LogP contribution is -2.27. The third-order valence-corrected chi connectivity index (χ3v) is 3.66. The topological polar surface area (TPSA) is 71.2 Å². The van der Waals surface area contributed by atoms with Crippen LogP contribution in [0.5, 0.6) is 0 Å². The summed E-state index contributed by atoms with van der Waals surface area (Å²) in [6, 6.07) is 0.534. The van der Waals surface area contributed by atoms with E-state index in [1.165, 1.54) is 11.8 Å². The van der Waals surface area contributed by atoms with Gasteiger partial charge in [-0.3, -0.25) is 4.79 Å². The van der Waals surface area contributed by atoms with E-state index in [9.17, 15) is 4.79 Å². The highest BCUT2D eigenvalue weighted by Gasteiger charge is 2.08. The standard InChI is InChI=1S/C11H20N4O2S/c1-9(2)14(3)5-4-6-15-8-12-13-11(15)18-7-10(16)17/h8-9H,4-7H2,1-3H3,(H,16,17). The van der Waals surface area contributed by atoms with Crippen LogP contribution in [0.2, 0.25) is 0 Å². The van der Waals surface area contributed by atoms with Crippen molar-refractivity contribution in [1.29, 1.82) is 0 Å². The molecule has 18 heavy (non-hydrogen) atoms. The van der Waals surface area contributed by atoms with E-state index in [1.54, 1.807) is 6.33 Å².